The van der Waals surface area contributed by atoms with Crippen LogP contribution in [-0.2, 0) is 4.79 Å². The number of nitrogens with one attached hydrogen (secondary N) is 1. The van der Waals surface area contributed by atoms with Crippen LogP contribution < -0.4 is 5.32 Å². The molecule has 1 aliphatic rings. The van der Waals surface area contributed by atoms with Crippen molar-refractivity contribution in [1.29, 1.82) is 0 Å². The highest BCUT2D eigenvalue weighted by Crippen LogP contribution is 2.25. The van der Waals surface area contributed by atoms with Crippen LogP contribution in [0, 0.1) is 12.8 Å². The van der Waals surface area contributed by atoms with Gasteiger partial charge in [-0.05, 0) is 19.8 Å². The van der Waals surface area contributed by atoms with E-state index in [0.29, 0.717) is 11.3 Å². The van der Waals surface area contributed by atoms with E-state index in [1.165, 1.54) is 17.5 Å². The number of rotatable bonds is 3. The van der Waals surface area contributed by atoms with Crippen LogP contribution in [0.1, 0.15) is 40.4 Å². The second-order valence-electron chi connectivity index (χ2n) is 4.55. The van der Waals surface area contributed by atoms with Gasteiger partial charge in [-0.15, -0.1) is 11.3 Å². The second kappa shape index (κ2) is 5.48. The van der Waals surface area contributed by atoms with E-state index in [1.54, 1.807) is 0 Å². The first-order valence-electron chi connectivity index (χ1n) is 6.04. The lowest BCUT2D eigenvalue weighted by molar-refractivity contribution is -0.143. The van der Waals surface area contributed by atoms with Crippen LogP contribution in [0.2, 0.25) is 0 Å². The van der Waals surface area contributed by atoms with E-state index < -0.39 is 11.9 Å². The summed E-state index contributed by atoms with van der Waals surface area (Å²) in [7, 11) is 0. The van der Waals surface area contributed by atoms with E-state index in [0.717, 1.165) is 24.3 Å². The number of hydrogen-bond donors (Lipinski definition) is 2. The predicted octanol–water partition coefficient (Wildman–Crippen LogP) is 1.82. The Balaban J connectivity index is 2.03. The van der Waals surface area contributed by atoms with Gasteiger partial charge < -0.3 is 10.4 Å². The summed E-state index contributed by atoms with van der Waals surface area (Å²) in [6.07, 6.45) is 4.80. The molecule has 1 fully saturated rings. The molecule has 98 valence electrons. The zero-order chi connectivity index (χ0) is 13.1. The fourth-order valence-electron chi connectivity index (χ4n) is 2.31. The van der Waals surface area contributed by atoms with Crippen molar-refractivity contribution in [3.8, 4) is 0 Å². The Labute approximate surface area is 109 Å². The van der Waals surface area contributed by atoms with Gasteiger partial charge in [-0.25, -0.2) is 4.98 Å². The van der Waals surface area contributed by atoms with E-state index in [-0.39, 0.29) is 11.9 Å². The number of carbonyl (C=O) groups is 2. The lowest BCUT2D eigenvalue weighted by Crippen LogP contribution is -2.44. The maximum Gasteiger partial charge on any atom is 0.308 e. The first-order valence-corrected chi connectivity index (χ1v) is 6.85. The number of carboxylic acids is 1. The van der Waals surface area contributed by atoms with Gasteiger partial charge in [-0.1, -0.05) is 12.8 Å². The molecule has 1 saturated carbocycles. The fraction of sp³-hybridized carbons (Fsp3) is 0.583. The number of hydrogen-bond acceptors (Lipinski definition) is 4. The van der Waals surface area contributed by atoms with Crippen LogP contribution in [0.15, 0.2) is 6.20 Å². The van der Waals surface area contributed by atoms with Crippen molar-refractivity contribution in [2.24, 2.45) is 5.92 Å². The molecule has 1 aromatic rings. The van der Waals surface area contributed by atoms with Gasteiger partial charge in [0.1, 0.15) is 4.88 Å². The van der Waals surface area contributed by atoms with E-state index in [1.807, 2.05) is 6.92 Å². The highest BCUT2D eigenvalue weighted by molar-refractivity contribution is 7.13. The number of amides is 1. The molecule has 6 heteroatoms. The van der Waals surface area contributed by atoms with E-state index in [4.69, 9.17) is 5.11 Å². The largest absolute Gasteiger partial charge is 0.481 e. The molecule has 1 aliphatic carbocycles. The third-order valence-electron chi connectivity index (χ3n) is 3.24. The molecule has 0 radical (unpaired) electrons. The molecule has 1 heterocycles. The van der Waals surface area contributed by atoms with Crippen molar-refractivity contribution in [3.05, 3.63) is 16.1 Å². The molecule has 0 aliphatic heterocycles. The summed E-state index contributed by atoms with van der Waals surface area (Å²) in [4.78, 5) is 27.7. The summed E-state index contributed by atoms with van der Waals surface area (Å²) in [5.41, 5.74) is 0. The van der Waals surface area contributed by atoms with Crippen molar-refractivity contribution in [3.63, 3.8) is 0 Å². The number of carboxylic acid groups (broad SMARTS) is 1. The van der Waals surface area contributed by atoms with Crippen molar-refractivity contribution in [2.45, 2.75) is 38.6 Å². The van der Waals surface area contributed by atoms with Crippen molar-refractivity contribution in [1.82, 2.24) is 10.3 Å². The minimum absolute atomic E-state index is 0.209. The molecule has 1 amide bonds. The van der Waals surface area contributed by atoms with Gasteiger partial charge in [-0.3, -0.25) is 9.59 Å². The first-order chi connectivity index (χ1) is 8.58. The number of aromatic nitrogens is 1. The Morgan fingerprint density at radius 1 is 1.44 bits per heavy atom. The maximum atomic E-state index is 12.0. The summed E-state index contributed by atoms with van der Waals surface area (Å²) in [5.74, 6) is -1.49. The summed E-state index contributed by atoms with van der Waals surface area (Å²) in [6, 6.07) is -0.258. The summed E-state index contributed by atoms with van der Waals surface area (Å²) in [6.45, 7) is 1.84. The predicted molar refractivity (Wildman–Crippen MR) is 67.7 cm³/mol. The normalized spacial score (nSPS) is 23.6. The molecular weight excluding hydrogens is 252 g/mol. The summed E-state index contributed by atoms with van der Waals surface area (Å²) < 4.78 is 0. The Bertz CT molecular complexity index is 458. The van der Waals surface area contributed by atoms with Crippen molar-refractivity contribution < 1.29 is 14.7 Å². The van der Waals surface area contributed by atoms with Crippen LogP contribution in [0.3, 0.4) is 0 Å². The van der Waals surface area contributed by atoms with Crippen LogP contribution >= 0.6 is 11.3 Å². The van der Waals surface area contributed by atoms with Gasteiger partial charge in [0, 0.05) is 6.04 Å². The third kappa shape index (κ3) is 2.87. The van der Waals surface area contributed by atoms with Crippen molar-refractivity contribution >= 4 is 23.2 Å². The molecular formula is C12H16N2O3S. The number of aliphatic carboxylic acids is 1. The molecule has 2 atom stereocenters. The maximum absolute atomic E-state index is 12.0. The Morgan fingerprint density at radius 2 is 2.17 bits per heavy atom. The monoisotopic (exact) mass is 268 g/mol. The molecule has 0 bridgehead atoms. The van der Waals surface area contributed by atoms with Gasteiger partial charge >= 0.3 is 5.97 Å². The van der Waals surface area contributed by atoms with Gasteiger partial charge in [0.05, 0.1) is 17.1 Å². The fourth-order valence-corrected chi connectivity index (χ4v) is 2.99. The molecule has 2 unspecified atom stereocenters. The zero-order valence-electron chi connectivity index (χ0n) is 10.2. The molecule has 5 nitrogen and oxygen atoms in total. The van der Waals surface area contributed by atoms with Crippen LogP contribution in [0.4, 0.5) is 0 Å². The molecule has 2 N–H and O–H groups in total. The lowest BCUT2D eigenvalue weighted by atomic mass is 9.84. The number of nitrogens with zero attached hydrogens (tertiary/aromatic N) is 1. The van der Waals surface area contributed by atoms with Gasteiger partial charge in [0.25, 0.3) is 5.91 Å². The first kappa shape index (κ1) is 13.0. The Hall–Kier alpha value is -1.43. The number of carbonyl (C=O) groups excluding carboxylic acids is 1. The average molecular weight is 268 g/mol. The van der Waals surface area contributed by atoms with Crippen LogP contribution in [-0.4, -0.2) is 28.0 Å². The van der Waals surface area contributed by atoms with Crippen LogP contribution in [0.25, 0.3) is 0 Å². The Kier molecular flexibility index (Phi) is 3.96. The molecule has 1 aromatic heterocycles. The molecule has 18 heavy (non-hydrogen) atoms. The molecule has 2 rings (SSSR count). The minimum Gasteiger partial charge on any atom is -0.481 e. The highest BCUT2D eigenvalue weighted by Gasteiger charge is 2.32. The van der Waals surface area contributed by atoms with Gasteiger partial charge in [0.2, 0.25) is 0 Å². The molecule has 0 saturated heterocycles. The quantitative estimate of drug-likeness (QED) is 0.876. The van der Waals surface area contributed by atoms with Gasteiger partial charge in [-0.2, -0.15) is 0 Å². The standard InChI is InChI=1S/C12H16N2O3S/c1-7-13-6-10(18-7)11(15)14-9-5-3-2-4-8(9)12(16)17/h6,8-9H,2-5H2,1H3,(H,14,15)(H,16,17). The van der Waals surface area contributed by atoms with Crippen molar-refractivity contribution in [2.75, 3.05) is 0 Å². The topological polar surface area (TPSA) is 79.3 Å². The smallest absolute Gasteiger partial charge is 0.308 e. The van der Waals surface area contributed by atoms with Crippen LogP contribution in [0.5, 0.6) is 0 Å². The van der Waals surface area contributed by atoms with E-state index in [2.05, 4.69) is 10.3 Å². The average Bonchev–Trinajstić information content (AvgIpc) is 2.76. The molecule has 0 spiro atoms. The minimum atomic E-state index is -0.819. The number of aryl methyl sites for hydroxylation is 1. The SMILES string of the molecule is Cc1ncc(C(=O)NC2CCCCC2C(=O)O)s1. The highest BCUT2D eigenvalue weighted by atomic mass is 32.1. The molecule has 0 aromatic carbocycles. The van der Waals surface area contributed by atoms with E-state index >= 15 is 0 Å². The second-order valence-corrected chi connectivity index (χ2v) is 5.79. The van der Waals surface area contributed by atoms with E-state index in [9.17, 15) is 9.59 Å². The number of thiazole rings is 1. The lowest BCUT2D eigenvalue weighted by Gasteiger charge is -2.28. The third-order valence-corrected chi connectivity index (χ3v) is 4.16. The van der Waals surface area contributed by atoms with Gasteiger partial charge in [0.15, 0.2) is 0 Å². The zero-order valence-corrected chi connectivity index (χ0v) is 11.0. The Morgan fingerprint density at radius 3 is 2.78 bits per heavy atom. The summed E-state index contributed by atoms with van der Waals surface area (Å²) >= 11 is 1.32. The summed E-state index contributed by atoms with van der Waals surface area (Å²) in [5, 5.41) is 12.8.